The van der Waals surface area contributed by atoms with E-state index in [0.717, 1.165) is 5.56 Å². The van der Waals surface area contributed by atoms with Gasteiger partial charge in [0.2, 0.25) is 10.0 Å². The number of nitrogens with zero attached hydrogens (tertiary/aromatic N) is 1. The van der Waals surface area contributed by atoms with E-state index in [1.54, 1.807) is 25.1 Å². The minimum absolute atomic E-state index is 0.236. The zero-order valence-electron chi connectivity index (χ0n) is 10.6. The maximum Gasteiger partial charge on any atom is 0.249 e. The fraction of sp³-hybridized carbons (Fsp3) is 0.417. The standard InChI is InChI=1S/C12H16N2O3S/c1-4-10(8-13)18(15,16)14-11-7-9(2)5-6-12(11)17-3/h5-7,10,14H,4H2,1-3H3. The minimum Gasteiger partial charge on any atom is -0.495 e. The summed E-state index contributed by atoms with van der Waals surface area (Å²) in [4.78, 5) is 0. The highest BCUT2D eigenvalue weighted by Gasteiger charge is 2.24. The zero-order chi connectivity index (χ0) is 13.8. The van der Waals surface area contributed by atoms with Crippen LogP contribution in [0.5, 0.6) is 5.75 Å². The molecule has 0 aliphatic carbocycles. The van der Waals surface area contributed by atoms with Crippen molar-refractivity contribution in [3.8, 4) is 11.8 Å². The first-order chi connectivity index (χ1) is 8.44. The second kappa shape index (κ2) is 5.74. The fourth-order valence-electron chi connectivity index (χ4n) is 1.51. The van der Waals surface area contributed by atoms with E-state index in [9.17, 15) is 8.42 Å². The number of hydrogen-bond acceptors (Lipinski definition) is 4. The number of nitrogens with one attached hydrogen (secondary N) is 1. The van der Waals surface area contributed by atoms with Gasteiger partial charge in [-0.05, 0) is 31.0 Å². The van der Waals surface area contributed by atoms with Crippen LogP contribution in [0.2, 0.25) is 0 Å². The monoisotopic (exact) mass is 268 g/mol. The molecule has 18 heavy (non-hydrogen) atoms. The number of ether oxygens (including phenoxy) is 1. The lowest BCUT2D eigenvalue weighted by atomic mass is 10.2. The highest BCUT2D eigenvalue weighted by molar-refractivity contribution is 7.93. The number of hydrogen-bond donors (Lipinski definition) is 1. The molecule has 6 heteroatoms. The number of sulfonamides is 1. The molecule has 5 nitrogen and oxygen atoms in total. The van der Waals surface area contributed by atoms with Gasteiger partial charge in [0.15, 0.2) is 5.25 Å². The summed E-state index contributed by atoms with van der Waals surface area (Å²) in [6.45, 7) is 3.50. The Bertz CT molecular complexity index is 561. The van der Waals surface area contributed by atoms with Gasteiger partial charge in [-0.3, -0.25) is 4.72 Å². The Morgan fingerprint density at radius 2 is 2.17 bits per heavy atom. The molecule has 0 spiro atoms. The van der Waals surface area contributed by atoms with E-state index >= 15 is 0 Å². The van der Waals surface area contributed by atoms with Gasteiger partial charge < -0.3 is 4.74 Å². The van der Waals surface area contributed by atoms with E-state index in [2.05, 4.69) is 4.72 Å². The Morgan fingerprint density at radius 1 is 1.50 bits per heavy atom. The van der Waals surface area contributed by atoms with Gasteiger partial charge >= 0.3 is 0 Å². The largest absolute Gasteiger partial charge is 0.495 e. The lowest BCUT2D eigenvalue weighted by Gasteiger charge is -2.14. The molecule has 1 N–H and O–H groups in total. The van der Waals surface area contributed by atoms with Crippen LogP contribution in [-0.2, 0) is 10.0 Å². The fourth-order valence-corrected chi connectivity index (χ4v) is 2.69. The Hall–Kier alpha value is -1.74. The van der Waals surface area contributed by atoms with Gasteiger partial charge in [0.1, 0.15) is 5.75 Å². The third-order valence-corrected chi connectivity index (χ3v) is 4.19. The first-order valence-corrected chi connectivity index (χ1v) is 7.05. The van der Waals surface area contributed by atoms with Gasteiger partial charge in [-0.1, -0.05) is 13.0 Å². The Balaban J connectivity index is 3.12. The van der Waals surface area contributed by atoms with Crippen molar-refractivity contribution in [2.75, 3.05) is 11.8 Å². The quantitative estimate of drug-likeness (QED) is 0.886. The van der Waals surface area contributed by atoms with Crippen LogP contribution in [0.15, 0.2) is 18.2 Å². The molecule has 0 bridgehead atoms. The predicted octanol–water partition coefficient (Wildman–Crippen LogP) is 2.05. The summed E-state index contributed by atoms with van der Waals surface area (Å²) in [6, 6.07) is 6.94. The molecular formula is C12H16N2O3S. The van der Waals surface area contributed by atoms with Crippen molar-refractivity contribution >= 4 is 15.7 Å². The summed E-state index contributed by atoms with van der Waals surface area (Å²) in [7, 11) is -2.25. The predicted molar refractivity (Wildman–Crippen MR) is 70.0 cm³/mol. The van der Waals surface area contributed by atoms with Crippen LogP contribution < -0.4 is 9.46 Å². The van der Waals surface area contributed by atoms with Crippen molar-refractivity contribution < 1.29 is 13.2 Å². The van der Waals surface area contributed by atoms with Crippen LogP contribution in [0.3, 0.4) is 0 Å². The molecule has 1 unspecified atom stereocenters. The molecule has 0 amide bonds. The van der Waals surface area contributed by atoms with Crippen LogP contribution in [0.4, 0.5) is 5.69 Å². The molecule has 1 aromatic carbocycles. The van der Waals surface area contributed by atoms with E-state index in [0.29, 0.717) is 11.4 Å². The molecule has 1 atom stereocenters. The molecule has 1 rings (SSSR count). The van der Waals surface area contributed by atoms with Crippen LogP contribution in [0.1, 0.15) is 18.9 Å². The van der Waals surface area contributed by atoms with E-state index in [1.807, 2.05) is 13.0 Å². The van der Waals surface area contributed by atoms with Crippen LogP contribution in [0, 0.1) is 18.3 Å². The third-order valence-electron chi connectivity index (χ3n) is 2.50. The average molecular weight is 268 g/mol. The number of benzene rings is 1. The molecule has 0 aromatic heterocycles. The highest BCUT2D eigenvalue weighted by Crippen LogP contribution is 2.27. The summed E-state index contributed by atoms with van der Waals surface area (Å²) >= 11 is 0. The number of methoxy groups -OCH3 is 1. The van der Waals surface area contributed by atoms with Crippen molar-refractivity contribution in [3.05, 3.63) is 23.8 Å². The molecule has 0 saturated heterocycles. The van der Waals surface area contributed by atoms with Crippen LogP contribution in [0.25, 0.3) is 0 Å². The Kier molecular flexibility index (Phi) is 4.56. The second-order valence-electron chi connectivity index (χ2n) is 3.88. The van der Waals surface area contributed by atoms with Gasteiger partial charge in [0, 0.05) is 0 Å². The average Bonchev–Trinajstić information content (AvgIpc) is 2.29. The van der Waals surface area contributed by atoms with Crippen LogP contribution in [-0.4, -0.2) is 20.8 Å². The Labute approximate surface area is 107 Å². The summed E-state index contributed by atoms with van der Waals surface area (Å²) in [5.74, 6) is 0.428. The molecule has 0 saturated carbocycles. The SMILES string of the molecule is CCC(C#N)S(=O)(=O)Nc1cc(C)ccc1OC. The van der Waals surface area contributed by atoms with Crippen LogP contribution >= 0.6 is 0 Å². The van der Waals surface area contributed by atoms with Gasteiger partial charge in [-0.25, -0.2) is 8.42 Å². The van der Waals surface area contributed by atoms with Crippen molar-refractivity contribution in [1.82, 2.24) is 0 Å². The van der Waals surface area contributed by atoms with Crippen molar-refractivity contribution in [2.45, 2.75) is 25.5 Å². The van der Waals surface area contributed by atoms with Crippen molar-refractivity contribution in [2.24, 2.45) is 0 Å². The highest BCUT2D eigenvalue weighted by atomic mass is 32.2. The molecule has 0 radical (unpaired) electrons. The van der Waals surface area contributed by atoms with Gasteiger partial charge in [0.25, 0.3) is 0 Å². The summed E-state index contributed by atoms with van der Waals surface area (Å²) < 4.78 is 31.4. The van der Waals surface area contributed by atoms with Gasteiger partial charge in [-0.15, -0.1) is 0 Å². The second-order valence-corrected chi connectivity index (χ2v) is 5.74. The summed E-state index contributed by atoms with van der Waals surface area (Å²) in [5, 5.41) is 7.75. The van der Waals surface area contributed by atoms with Crippen molar-refractivity contribution in [1.29, 1.82) is 5.26 Å². The normalized spacial score (nSPS) is 12.6. The number of aryl methyl sites for hydroxylation is 1. The third kappa shape index (κ3) is 3.14. The first-order valence-electron chi connectivity index (χ1n) is 5.50. The topological polar surface area (TPSA) is 79.2 Å². The Morgan fingerprint density at radius 3 is 2.67 bits per heavy atom. The summed E-state index contributed by atoms with van der Waals surface area (Å²) in [6.07, 6.45) is 0.236. The molecular weight excluding hydrogens is 252 g/mol. The summed E-state index contributed by atoms with van der Waals surface area (Å²) in [5.41, 5.74) is 1.25. The maximum atomic E-state index is 12.0. The van der Waals surface area contributed by atoms with Gasteiger partial charge in [-0.2, -0.15) is 5.26 Å². The van der Waals surface area contributed by atoms with E-state index in [-0.39, 0.29) is 6.42 Å². The lowest BCUT2D eigenvalue weighted by Crippen LogP contribution is -2.26. The molecule has 98 valence electrons. The van der Waals surface area contributed by atoms with E-state index in [1.165, 1.54) is 7.11 Å². The zero-order valence-corrected chi connectivity index (χ0v) is 11.4. The smallest absolute Gasteiger partial charge is 0.249 e. The van der Waals surface area contributed by atoms with E-state index < -0.39 is 15.3 Å². The maximum absolute atomic E-state index is 12.0. The molecule has 0 aliphatic rings. The molecule has 0 heterocycles. The molecule has 0 aliphatic heterocycles. The van der Waals surface area contributed by atoms with Gasteiger partial charge in [0.05, 0.1) is 18.9 Å². The van der Waals surface area contributed by atoms with Crippen molar-refractivity contribution in [3.63, 3.8) is 0 Å². The number of anilines is 1. The minimum atomic E-state index is -3.72. The number of rotatable bonds is 5. The lowest BCUT2D eigenvalue weighted by molar-refractivity contribution is 0.417. The first kappa shape index (κ1) is 14.3. The van der Waals surface area contributed by atoms with E-state index in [4.69, 9.17) is 10.00 Å². The number of nitriles is 1. The molecule has 0 fully saturated rings. The molecule has 1 aromatic rings.